The maximum absolute atomic E-state index is 13.4. The van der Waals surface area contributed by atoms with Gasteiger partial charge in [0.05, 0.1) is 17.2 Å². The quantitative estimate of drug-likeness (QED) is 0.467. The highest BCUT2D eigenvalue weighted by molar-refractivity contribution is 5.49. The molecule has 0 saturated carbocycles. The van der Waals surface area contributed by atoms with Crippen LogP contribution in [0.1, 0.15) is 11.1 Å². The van der Waals surface area contributed by atoms with Gasteiger partial charge in [0.25, 0.3) is 5.69 Å². The van der Waals surface area contributed by atoms with E-state index in [4.69, 9.17) is 0 Å². The van der Waals surface area contributed by atoms with E-state index in [2.05, 4.69) is 19.9 Å². The van der Waals surface area contributed by atoms with Crippen LogP contribution in [-0.2, 0) is 6.54 Å². The summed E-state index contributed by atoms with van der Waals surface area (Å²) in [4.78, 5) is 23.0. The molecule has 2 aromatic carbocycles. The summed E-state index contributed by atoms with van der Waals surface area (Å²) in [6.07, 6.45) is -7.13. The van der Waals surface area contributed by atoms with Crippen molar-refractivity contribution in [2.45, 2.75) is 25.9 Å². The standard InChI is InChI=1S/C17H12F3N5O5/c1-9-6-10(2-4-12(9)25(27)28)8-23-16(26)24(22-21-23)11-3-5-13-14(7-11)30-17(19,20)15(18)29-13/h2-7,15H,8H2,1H3. The Morgan fingerprint density at radius 3 is 2.67 bits per heavy atom. The number of fused-ring (bicyclic) bond motifs is 1. The number of hydrogen-bond donors (Lipinski definition) is 0. The first kappa shape index (κ1) is 19.4. The maximum atomic E-state index is 13.4. The third kappa shape index (κ3) is 3.33. The molecule has 156 valence electrons. The van der Waals surface area contributed by atoms with Crippen molar-refractivity contribution >= 4 is 5.69 Å². The number of nitro benzene ring substituents is 1. The molecule has 1 atom stereocenters. The second-order valence-electron chi connectivity index (χ2n) is 6.44. The maximum Gasteiger partial charge on any atom is 0.468 e. The molecule has 0 radical (unpaired) electrons. The Labute approximate surface area is 165 Å². The van der Waals surface area contributed by atoms with Crippen LogP contribution >= 0.6 is 0 Å². The fraction of sp³-hybridized carbons (Fsp3) is 0.235. The Bertz CT molecular complexity index is 1210. The lowest BCUT2D eigenvalue weighted by Crippen LogP contribution is -2.43. The van der Waals surface area contributed by atoms with Crippen LogP contribution in [0.25, 0.3) is 5.69 Å². The van der Waals surface area contributed by atoms with Crippen molar-refractivity contribution in [3.05, 3.63) is 68.1 Å². The van der Waals surface area contributed by atoms with Crippen LogP contribution in [0.2, 0.25) is 0 Å². The summed E-state index contributed by atoms with van der Waals surface area (Å²) in [5.74, 6) is -0.710. The molecule has 0 amide bonds. The molecule has 2 heterocycles. The Morgan fingerprint density at radius 2 is 1.97 bits per heavy atom. The molecular formula is C17H12F3N5O5. The topological polar surface area (TPSA) is 114 Å². The van der Waals surface area contributed by atoms with Crippen LogP contribution in [-0.4, -0.2) is 37.2 Å². The molecule has 30 heavy (non-hydrogen) atoms. The number of alkyl halides is 3. The first-order chi connectivity index (χ1) is 14.2. The third-order valence-corrected chi connectivity index (χ3v) is 4.34. The van der Waals surface area contributed by atoms with Crippen LogP contribution < -0.4 is 15.2 Å². The monoisotopic (exact) mass is 423 g/mol. The largest absolute Gasteiger partial charge is 0.468 e. The van der Waals surface area contributed by atoms with E-state index in [1.807, 2.05) is 0 Å². The van der Waals surface area contributed by atoms with Gasteiger partial charge in [-0.15, -0.1) is 0 Å². The third-order valence-electron chi connectivity index (χ3n) is 4.34. The Kier molecular flexibility index (Phi) is 4.44. The smallest absolute Gasteiger partial charge is 0.447 e. The van der Waals surface area contributed by atoms with Gasteiger partial charge in [0.1, 0.15) is 0 Å². The number of benzene rings is 2. The van der Waals surface area contributed by atoms with E-state index < -0.39 is 28.8 Å². The van der Waals surface area contributed by atoms with Gasteiger partial charge in [0.2, 0.25) is 0 Å². The molecule has 1 aromatic heterocycles. The summed E-state index contributed by atoms with van der Waals surface area (Å²) in [5, 5.41) is 18.3. The number of halogens is 3. The molecule has 0 bridgehead atoms. The van der Waals surface area contributed by atoms with Crippen molar-refractivity contribution < 1.29 is 27.6 Å². The molecule has 1 aliphatic rings. The number of nitrogens with zero attached hydrogens (tertiary/aromatic N) is 5. The number of tetrazole rings is 1. The van der Waals surface area contributed by atoms with E-state index in [9.17, 15) is 28.1 Å². The molecule has 10 nitrogen and oxygen atoms in total. The fourth-order valence-corrected chi connectivity index (χ4v) is 2.91. The molecule has 0 N–H and O–H groups in total. The molecule has 3 aromatic rings. The van der Waals surface area contributed by atoms with Gasteiger partial charge in [-0.25, -0.2) is 4.79 Å². The lowest BCUT2D eigenvalue weighted by molar-refractivity contribution is -0.385. The van der Waals surface area contributed by atoms with Crippen molar-refractivity contribution in [1.82, 2.24) is 19.8 Å². The molecule has 1 unspecified atom stereocenters. The minimum atomic E-state index is -4.18. The molecule has 13 heteroatoms. The van der Waals surface area contributed by atoms with Crippen molar-refractivity contribution in [1.29, 1.82) is 0 Å². The SMILES string of the molecule is Cc1cc(Cn2nnn(-c3ccc4c(c3)OC(F)(F)C(F)O4)c2=O)ccc1[N+](=O)[O-]. The van der Waals surface area contributed by atoms with Crippen molar-refractivity contribution in [3.63, 3.8) is 0 Å². The van der Waals surface area contributed by atoms with Gasteiger partial charge >= 0.3 is 18.2 Å². The van der Waals surface area contributed by atoms with E-state index in [0.29, 0.717) is 11.1 Å². The zero-order valence-electron chi connectivity index (χ0n) is 15.2. The Balaban J connectivity index is 1.62. The minimum absolute atomic E-state index is 0.0240. The summed E-state index contributed by atoms with van der Waals surface area (Å²) in [6, 6.07) is 7.86. The Morgan fingerprint density at radius 1 is 1.20 bits per heavy atom. The van der Waals surface area contributed by atoms with Crippen LogP contribution in [0.3, 0.4) is 0 Å². The number of nitro groups is 1. The lowest BCUT2D eigenvalue weighted by Gasteiger charge is -2.28. The second kappa shape index (κ2) is 6.86. The zero-order chi connectivity index (χ0) is 21.6. The van der Waals surface area contributed by atoms with Gasteiger partial charge < -0.3 is 9.47 Å². The van der Waals surface area contributed by atoms with Gasteiger partial charge in [-0.2, -0.15) is 22.5 Å². The van der Waals surface area contributed by atoms with Crippen molar-refractivity contribution in [2.75, 3.05) is 0 Å². The predicted octanol–water partition coefficient (Wildman–Crippen LogP) is 2.35. The summed E-state index contributed by atoms with van der Waals surface area (Å²) >= 11 is 0. The van der Waals surface area contributed by atoms with E-state index in [0.717, 1.165) is 21.5 Å². The number of hydrogen-bond acceptors (Lipinski definition) is 7. The van der Waals surface area contributed by atoms with Gasteiger partial charge in [0, 0.05) is 17.7 Å². The summed E-state index contributed by atoms with van der Waals surface area (Å²) in [5.41, 5.74) is 0.276. The van der Waals surface area contributed by atoms with Crippen LogP contribution in [0.15, 0.2) is 41.2 Å². The average Bonchev–Trinajstić information content (AvgIpc) is 3.02. The zero-order valence-corrected chi connectivity index (χ0v) is 15.2. The fourth-order valence-electron chi connectivity index (χ4n) is 2.91. The summed E-state index contributed by atoms with van der Waals surface area (Å²) < 4.78 is 50.6. The van der Waals surface area contributed by atoms with Gasteiger partial charge in [0.15, 0.2) is 11.5 Å². The normalized spacial score (nSPS) is 17.0. The number of ether oxygens (including phenoxy) is 2. The highest BCUT2D eigenvalue weighted by atomic mass is 19.3. The lowest BCUT2D eigenvalue weighted by atomic mass is 10.1. The number of aryl methyl sites for hydroxylation is 1. The molecule has 1 aliphatic heterocycles. The molecular weight excluding hydrogens is 411 g/mol. The van der Waals surface area contributed by atoms with Crippen molar-refractivity contribution in [3.8, 4) is 17.2 Å². The number of aromatic nitrogens is 4. The first-order valence-electron chi connectivity index (χ1n) is 8.44. The highest BCUT2D eigenvalue weighted by Crippen LogP contribution is 2.41. The van der Waals surface area contributed by atoms with Crippen LogP contribution in [0, 0.1) is 17.0 Å². The van der Waals surface area contributed by atoms with Crippen molar-refractivity contribution in [2.24, 2.45) is 0 Å². The van der Waals surface area contributed by atoms with Crippen LogP contribution in [0.4, 0.5) is 18.9 Å². The van der Waals surface area contributed by atoms with Gasteiger partial charge in [-0.1, -0.05) is 6.07 Å². The molecule has 0 spiro atoms. The Hall–Kier alpha value is -3.90. The first-order valence-corrected chi connectivity index (χ1v) is 8.44. The van der Waals surface area contributed by atoms with Crippen LogP contribution in [0.5, 0.6) is 11.5 Å². The molecule has 0 aliphatic carbocycles. The molecule has 0 saturated heterocycles. The summed E-state index contributed by atoms with van der Waals surface area (Å²) in [6.45, 7) is 1.54. The molecule has 4 rings (SSSR count). The second-order valence-corrected chi connectivity index (χ2v) is 6.44. The summed E-state index contributed by atoms with van der Waals surface area (Å²) in [7, 11) is 0. The predicted molar refractivity (Wildman–Crippen MR) is 93.7 cm³/mol. The minimum Gasteiger partial charge on any atom is -0.447 e. The number of rotatable bonds is 4. The van der Waals surface area contributed by atoms with E-state index >= 15 is 0 Å². The van der Waals surface area contributed by atoms with Gasteiger partial charge in [-0.05, 0) is 41.1 Å². The van der Waals surface area contributed by atoms with E-state index in [-0.39, 0.29) is 23.7 Å². The van der Waals surface area contributed by atoms with Gasteiger partial charge in [-0.3, -0.25) is 10.1 Å². The van der Waals surface area contributed by atoms with E-state index in [1.54, 1.807) is 13.0 Å². The highest BCUT2D eigenvalue weighted by Gasteiger charge is 2.49. The van der Waals surface area contributed by atoms with E-state index in [1.165, 1.54) is 18.2 Å². The molecule has 0 fully saturated rings. The average molecular weight is 423 g/mol.